The molecule has 0 radical (unpaired) electrons. The van der Waals surface area contributed by atoms with E-state index in [1.54, 1.807) is 18.2 Å². The second-order valence-electron chi connectivity index (χ2n) is 6.13. The van der Waals surface area contributed by atoms with Gasteiger partial charge in [0.05, 0.1) is 11.3 Å². The fourth-order valence-corrected chi connectivity index (χ4v) is 2.68. The summed E-state index contributed by atoms with van der Waals surface area (Å²) in [6, 6.07) is 22.0. The van der Waals surface area contributed by atoms with Crippen molar-refractivity contribution in [2.45, 2.75) is 0 Å². The summed E-state index contributed by atoms with van der Waals surface area (Å²) in [4.78, 5) is 16.7. The maximum atomic E-state index is 12.9. The molecule has 6 nitrogen and oxygen atoms in total. The van der Waals surface area contributed by atoms with Crippen LogP contribution >= 0.6 is 0 Å². The van der Waals surface area contributed by atoms with Crippen LogP contribution in [0.4, 0.5) is 10.1 Å². The van der Waals surface area contributed by atoms with Crippen LogP contribution in [0.25, 0.3) is 22.8 Å². The van der Waals surface area contributed by atoms with Crippen LogP contribution in [0, 0.1) is 5.82 Å². The number of benzene rings is 3. The lowest BCUT2D eigenvalue weighted by Crippen LogP contribution is -2.20. The maximum absolute atomic E-state index is 12.9. The molecule has 7 heteroatoms. The number of aromatic nitrogens is 2. The number of amides is 1. The van der Waals surface area contributed by atoms with Gasteiger partial charge in [-0.25, -0.2) is 4.39 Å². The molecule has 0 saturated carbocycles. The maximum Gasteiger partial charge on any atom is 0.262 e. The van der Waals surface area contributed by atoms with Crippen LogP contribution in [-0.4, -0.2) is 22.7 Å². The molecule has 1 aromatic heterocycles. The number of ether oxygens (including phenoxy) is 1. The number of para-hydroxylation sites is 1. The summed E-state index contributed by atoms with van der Waals surface area (Å²) in [5.41, 5.74) is 1.94. The summed E-state index contributed by atoms with van der Waals surface area (Å²) in [6.45, 7) is -0.223. The molecule has 0 unspecified atom stereocenters. The van der Waals surface area contributed by atoms with Crippen molar-refractivity contribution in [1.29, 1.82) is 0 Å². The third kappa shape index (κ3) is 4.47. The molecule has 0 aliphatic carbocycles. The van der Waals surface area contributed by atoms with Gasteiger partial charge in [-0.3, -0.25) is 4.79 Å². The van der Waals surface area contributed by atoms with Crippen LogP contribution in [0.15, 0.2) is 83.4 Å². The van der Waals surface area contributed by atoms with Crippen LogP contribution in [0.5, 0.6) is 5.75 Å². The second-order valence-corrected chi connectivity index (χ2v) is 6.13. The van der Waals surface area contributed by atoms with Crippen LogP contribution in [0.3, 0.4) is 0 Å². The van der Waals surface area contributed by atoms with Crippen molar-refractivity contribution >= 4 is 11.6 Å². The average Bonchev–Trinajstić information content (AvgIpc) is 3.24. The molecule has 0 fully saturated rings. The molecule has 1 amide bonds. The Morgan fingerprint density at radius 2 is 1.69 bits per heavy atom. The summed E-state index contributed by atoms with van der Waals surface area (Å²) in [7, 11) is 0. The number of carbonyl (C=O) groups is 1. The molecule has 29 heavy (non-hydrogen) atoms. The molecule has 0 aliphatic rings. The number of rotatable bonds is 6. The molecule has 0 spiro atoms. The summed E-state index contributed by atoms with van der Waals surface area (Å²) >= 11 is 0. The summed E-state index contributed by atoms with van der Waals surface area (Å²) < 4.78 is 23.7. The Morgan fingerprint density at radius 3 is 2.48 bits per heavy atom. The largest absolute Gasteiger partial charge is 0.484 e. The Labute approximate surface area is 166 Å². The van der Waals surface area contributed by atoms with E-state index in [-0.39, 0.29) is 18.3 Å². The lowest BCUT2D eigenvalue weighted by Gasteiger charge is -2.09. The van der Waals surface area contributed by atoms with Crippen molar-refractivity contribution < 1.29 is 18.4 Å². The van der Waals surface area contributed by atoms with E-state index in [2.05, 4.69) is 15.5 Å². The number of carbonyl (C=O) groups excluding carboxylic acids is 1. The Balaban J connectivity index is 1.48. The number of nitrogens with one attached hydrogen (secondary N) is 1. The van der Waals surface area contributed by atoms with E-state index in [0.29, 0.717) is 28.7 Å². The smallest absolute Gasteiger partial charge is 0.262 e. The molecule has 1 N–H and O–H groups in total. The molecule has 0 aliphatic heterocycles. The third-order valence-electron chi connectivity index (χ3n) is 4.07. The van der Waals surface area contributed by atoms with E-state index >= 15 is 0 Å². The van der Waals surface area contributed by atoms with Gasteiger partial charge in [-0.05, 0) is 36.4 Å². The van der Waals surface area contributed by atoms with Crippen molar-refractivity contribution in [3.8, 4) is 28.6 Å². The Morgan fingerprint density at radius 1 is 0.966 bits per heavy atom. The minimum atomic E-state index is -0.371. The van der Waals surface area contributed by atoms with Crippen molar-refractivity contribution in [2.75, 3.05) is 11.9 Å². The van der Waals surface area contributed by atoms with E-state index in [9.17, 15) is 9.18 Å². The lowest BCUT2D eigenvalue weighted by atomic mass is 10.1. The standard InChI is InChI=1S/C22H16FN3O3/c23-16-10-12-17(13-11-16)28-14-20(27)24-19-9-5-4-8-18(19)22-25-21(26-29-22)15-6-2-1-3-7-15/h1-13H,14H2,(H,24,27). The summed E-state index contributed by atoms with van der Waals surface area (Å²) in [6.07, 6.45) is 0. The molecule has 1 heterocycles. The second kappa shape index (κ2) is 8.35. The third-order valence-corrected chi connectivity index (χ3v) is 4.07. The van der Waals surface area contributed by atoms with Crippen molar-refractivity contribution in [1.82, 2.24) is 10.1 Å². The predicted molar refractivity (Wildman–Crippen MR) is 106 cm³/mol. The van der Waals surface area contributed by atoms with Gasteiger partial charge >= 0.3 is 0 Å². The Hall–Kier alpha value is -4.00. The Kier molecular flexibility index (Phi) is 5.29. The van der Waals surface area contributed by atoms with Gasteiger partial charge in [-0.1, -0.05) is 47.6 Å². The van der Waals surface area contributed by atoms with Crippen LogP contribution in [-0.2, 0) is 4.79 Å². The highest BCUT2D eigenvalue weighted by Crippen LogP contribution is 2.28. The Bertz CT molecular complexity index is 1110. The minimum absolute atomic E-state index is 0.223. The summed E-state index contributed by atoms with van der Waals surface area (Å²) in [5, 5.41) is 6.79. The van der Waals surface area contributed by atoms with Gasteiger partial charge < -0.3 is 14.6 Å². The van der Waals surface area contributed by atoms with Gasteiger partial charge in [0, 0.05) is 5.56 Å². The quantitative estimate of drug-likeness (QED) is 0.523. The van der Waals surface area contributed by atoms with E-state index in [4.69, 9.17) is 9.26 Å². The fourth-order valence-electron chi connectivity index (χ4n) is 2.68. The van der Waals surface area contributed by atoms with Gasteiger partial charge in [0.2, 0.25) is 5.82 Å². The van der Waals surface area contributed by atoms with Gasteiger partial charge in [0.25, 0.3) is 11.8 Å². The fraction of sp³-hybridized carbons (Fsp3) is 0.0455. The highest BCUT2D eigenvalue weighted by molar-refractivity contribution is 5.95. The molecular weight excluding hydrogens is 373 g/mol. The first-order valence-electron chi connectivity index (χ1n) is 8.86. The predicted octanol–water partition coefficient (Wildman–Crippen LogP) is 4.56. The highest BCUT2D eigenvalue weighted by Gasteiger charge is 2.15. The number of hydrogen-bond donors (Lipinski definition) is 1. The molecule has 0 atom stereocenters. The van der Waals surface area contributed by atoms with Gasteiger partial charge in [-0.15, -0.1) is 0 Å². The zero-order valence-corrected chi connectivity index (χ0v) is 15.2. The molecule has 0 saturated heterocycles. The molecular formula is C22H16FN3O3. The van der Waals surface area contributed by atoms with E-state index in [1.807, 2.05) is 36.4 Å². The number of anilines is 1. The minimum Gasteiger partial charge on any atom is -0.484 e. The van der Waals surface area contributed by atoms with Crippen LogP contribution < -0.4 is 10.1 Å². The normalized spacial score (nSPS) is 10.5. The van der Waals surface area contributed by atoms with E-state index in [0.717, 1.165) is 5.56 Å². The average molecular weight is 389 g/mol. The van der Waals surface area contributed by atoms with Crippen molar-refractivity contribution in [3.63, 3.8) is 0 Å². The number of halogens is 1. The first kappa shape index (κ1) is 18.4. The molecule has 144 valence electrons. The van der Waals surface area contributed by atoms with E-state index < -0.39 is 0 Å². The molecule has 4 rings (SSSR count). The SMILES string of the molecule is O=C(COc1ccc(F)cc1)Nc1ccccc1-c1nc(-c2ccccc2)no1. The van der Waals surface area contributed by atoms with Crippen molar-refractivity contribution in [3.05, 3.63) is 84.7 Å². The van der Waals surface area contributed by atoms with Gasteiger partial charge in [0.1, 0.15) is 11.6 Å². The van der Waals surface area contributed by atoms with Gasteiger partial charge in [-0.2, -0.15) is 4.98 Å². The number of nitrogens with zero attached hydrogens (tertiary/aromatic N) is 2. The highest BCUT2D eigenvalue weighted by atomic mass is 19.1. The first-order valence-corrected chi connectivity index (χ1v) is 8.86. The lowest BCUT2D eigenvalue weighted by molar-refractivity contribution is -0.118. The van der Waals surface area contributed by atoms with Crippen molar-refractivity contribution in [2.24, 2.45) is 0 Å². The zero-order valence-electron chi connectivity index (χ0n) is 15.2. The monoisotopic (exact) mass is 389 g/mol. The zero-order chi connectivity index (χ0) is 20.1. The van der Waals surface area contributed by atoms with Crippen LogP contribution in [0.1, 0.15) is 0 Å². The first-order chi connectivity index (χ1) is 14.2. The molecule has 4 aromatic rings. The van der Waals surface area contributed by atoms with E-state index in [1.165, 1.54) is 24.3 Å². The van der Waals surface area contributed by atoms with Crippen LogP contribution in [0.2, 0.25) is 0 Å². The summed E-state index contributed by atoms with van der Waals surface area (Å²) in [5.74, 6) is 0.412. The molecule has 0 bridgehead atoms. The molecule has 3 aromatic carbocycles. The topological polar surface area (TPSA) is 77.2 Å². The number of hydrogen-bond acceptors (Lipinski definition) is 5. The van der Waals surface area contributed by atoms with Gasteiger partial charge in [0.15, 0.2) is 6.61 Å².